The highest BCUT2D eigenvalue weighted by Gasteiger charge is 2.49. The molecule has 0 amide bonds. The Bertz CT molecular complexity index is 1130. The summed E-state index contributed by atoms with van der Waals surface area (Å²) in [5.74, 6) is -2.13. The number of hydrogen-bond acceptors (Lipinski definition) is 6. The smallest absolute Gasteiger partial charge is 0.395 e. The molecule has 1 unspecified atom stereocenters. The van der Waals surface area contributed by atoms with Crippen molar-refractivity contribution in [3.8, 4) is 5.75 Å². The number of hydrogen-bond donors (Lipinski definition) is 1. The van der Waals surface area contributed by atoms with Gasteiger partial charge in [-0.05, 0) is 36.8 Å². The van der Waals surface area contributed by atoms with E-state index in [0.717, 1.165) is 5.56 Å². The first-order valence-corrected chi connectivity index (χ1v) is 9.07. The molecule has 3 aromatic rings. The van der Waals surface area contributed by atoms with Gasteiger partial charge in [0.25, 0.3) is 0 Å². The number of ether oxygens (including phenoxy) is 2. The van der Waals surface area contributed by atoms with E-state index in [1.54, 1.807) is 49.4 Å². The molecule has 0 saturated heterocycles. The number of fused-ring (bicyclic) bond motifs is 2. The van der Waals surface area contributed by atoms with Gasteiger partial charge >= 0.3 is 11.9 Å². The van der Waals surface area contributed by atoms with Crippen LogP contribution < -0.4 is 4.74 Å². The maximum atomic E-state index is 12.9. The standard InChI is InChI=1S/C22H15ClO6/c1-13-6-2-5-9-19(13)27-21(25)28-22(29-26)17-8-4-3-7-15(17)20(24)16-12-14(23)10-11-18(16)22/h2-12,26H,1H3. The van der Waals surface area contributed by atoms with Crippen LogP contribution in [-0.2, 0) is 15.4 Å². The first kappa shape index (κ1) is 19.1. The van der Waals surface area contributed by atoms with E-state index in [1.807, 2.05) is 0 Å². The third-order valence-corrected chi connectivity index (χ3v) is 4.98. The summed E-state index contributed by atoms with van der Waals surface area (Å²) in [7, 11) is 0. The molecule has 1 aliphatic rings. The van der Waals surface area contributed by atoms with E-state index >= 15 is 0 Å². The average molecular weight is 411 g/mol. The molecular weight excluding hydrogens is 396 g/mol. The van der Waals surface area contributed by atoms with Crippen LogP contribution in [0.3, 0.4) is 0 Å². The molecule has 0 spiro atoms. The molecule has 1 aliphatic carbocycles. The molecule has 0 bridgehead atoms. The lowest BCUT2D eigenvalue weighted by Crippen LogP contribution is -2.42. The fourth-order valence-electron chi connectivity index (χ4n) is 3.38. The van der Waals surface area contributed by atoms with E-state index in [1.165, 1.54) is 24.3 Å². The lowest BCUT2D eigenvalue weighted by atomic mass is 9.80. The molecule has 1 atom stereocenters. The number of rotatable bonds is 3. The van der Waals surface area contributed by atoms with Gasteiger partial charge in [-0.25, -0.2) is 10.1 Å². The van der Waals surface area contributed by atoms with Gasteiger partial charge in [-0.1, -0.05) is 54.1 Å². The van der Waals surface area contributed by atoms with E-state index in [0.29, 0.717) is 10.8 Å². The van der Waals surface area contributed by atoms with Gasteiger partial charge < -0.3 is 9.47 Å². The highest BCUT2D eigenvalue weighted by atomic mass is 35.5. The molecule has 7 heteroatoms. The van der Waals surface area contributed by atoms with Crippen LogP contribution in [-0.4, -0.2) is 17.2 Å². The third kappa shape index (κ3) is 3.17. The topological polar surface area (TPSA) is 82.1 Å². The minimum Gasteiger partial charge on any atom is -0.395 e. The fraction of sp³-hybridized carbons (Fsp3) is 0.0909. The summed E-state index contributed by atoms with van der Waals surface area (Å²) in [6.45, 7) is 1.77. The van der Waals surface area contributed by atoms with Crippen molar-refractivity contribution in [3.63, 3.8) is 0 Å². The maximum Gasteiger partial charge on any atom is 0.517 e. The number of carbonyl (C=O) groups excluding carboxylic acids is 2. The SMILES string of the molecule is Cc1ccccc1OC(=O)OC1(OO)c2ccccc2C(=O)c2cc(Cl)ccc21. The third-order valence-electron chi connectivity index (χ3n) is 4.75. The summed E-state index contributed by atoms with van der Waals surface area (Å²) in [6, 6.07) is 17.6. The predicted octanol–water partition coefficient (Wildman–Crippen LogP) is 5.10. The summed E-state index contributed by atoms with van der Waals surface area (Å²) < 4.78 is 10.8. The van der Waals surface area contributed by atoms with Crippen molar-refractivity contribution in [2.24, 2.45) is 0 Å². The van der Waals surface area contributed by atoms with E-state index < -0.39 is 11.9 Å². The summed E-state index contributed by atoms with van der Waals surface area (Å²) >= 11 is 6.05. The van der Waals surface area contributed by atoms with E-state index in [-0.39, 0.29) is 28.0 Å². The Balaban J connectivity index is 1.82. The second-order valence-electron chi connectivity index (χ2n) is 6.49. The molecule has 0 aromatic heterocycles. The van der Waals surface area contributed by atoms with Gasteiger partial charge in [0, 0.05) is 27.3 Å². The van der Waals surface area contributed by atoms with Crippen LogP contribution in [0.1, 0.15) is 32.6 Å². The van der Waals surface area contributed by atoms with Crippen molar-refractivity contribution in [2.75, 3.05) is 0 Å². The molecule has 29 heavy (non-hydrogen) atoms. The lowest BCUT2D eigenvalue weighted by Gasteiger charge is -2.35. The number of halogens is 1. The van der Waals surface area contributed by atoms with Gasteiger partial charge in [0.1, 0.15) is 5.75 Å². The highest BCUT2D eigenvalue weighted by Crippen LogP contribution is 2.44. The first-order chi connectivity index (χ1) is 14.0. The predicted molar refractivity (Wildman–Crippen MR) is 104 cm³/mol. The van der Waals surface area contributed by atoms with Gasteiger partial charge in [-0.2, -0.15) is 4.89 Å². The van der Waals surface area contributed by atoms with Crippen molar-refractivity contribution < 1.29 is 29.2 Å². The zero-order chi connectivity index (χ0) is 20.6. The summed E-state index contributed by atoms with van der Waals surface area (Å²) in [5.41, 5.74) is 1.38. The Kier molecular flexibility index (Phi) is 4.84. The minimum atomic E-state index is -2.09. The van der Waals surface area contributed by atoms with Crippen molar-refractivity contribution in [3.05, 3.63) is 99.6 Å². The number of para-hydroxylation sites is 1. The quantitative estimate of drug-likeness (QED) is 0.213. The zero-order valence-corrected chi connectivity index (χ0v) is 16.0. The Labute approximate surface area is 171 Å². The van der Waals surface area contributed by atoms with Crippen LogP contribution in [0, 0.1) is 6.92 Å². The van der Waals surface area contributed by atoms with Crippen molar-refractivity contribution >= 4 is 23.5 Å². The van der Waals surface area contributed by atoms with Crippen LogP contribution in [0.2, 0.25) is 5.02 Å². The molecule has 0 saturated carbocycles. The van der Waals surface area contributed by atoms with Crippen LogP contribution >= 0.6 is 11.6 Å². The second kappa shape index (κ2) is 7.33. The molecule has 6 nitrogen and oxygen atoms in total. The first-order valence-electron chi connectivity index (χ1n) is 8.69. The maximum absolute atomic E-state index is 12.9. The summed E-state index contributed by atoms with van der Waals surface area (Å²) in [4.78, 5) is 30.3. The van der Waals surface area contributed by atoms with Crippen molar-refractivity contribution in [2.45, 2.75) is 12.7 Å². The van der Waals surface area contributed by atoms with Crippen LogP contribution in [0.4, 0.5) is 4.79 Å². The number of ketones is 1. The molecule has 4 rings (SSSR count). The fourth-order valence-corrected chi connectivity index (χ4v) is 3.55. The van der Waals surface area contributed by atoms with Gasteiger partial charge in [0.2, 0.25) is 0 Å². The minimum absolute atomic E-state index is 0.134. The van der Waals surface area contributed by atoms with E-state index in [2.05, 4.69) is 0 Å². The number of aryl methyl sites for hydroxylation is 1. The van der Waals surface area contributed by atoms with Crippen molar-refractivity contribution in [1.82, 2.24) is 0 Å². The summed E-state index contributed by atoms with van der Waals surface area (Å²) in [6.07, 6.45) is -1.11. The molecule has 146 valence electrons. The van der Waals surface area contributed by atoms with E-state index in [9.17, 15) is 14.8 Å². The van der Waals surface area contributed by atoms with Crippen molar-refractivity contribution in [1.29, 1.82) is 0 Å². The Hall–Kier alpha value is -3.19. The average Bonchev–Trinajstić information content (AvgIpc) is 2.73. The molecular formula is C22H15ClO6. The molecule has 0 aliphatic heterocycles. The van der Waals surface area contributed by atoms with Gasteiger partial charge in [-0.15, -0.1) is 0 Å². The monoisotopic (exact) mass is 410 g/mol. The zero-order valence-electron chi connectivity index (χ0n) is 15.2. The van der Waals surface area contributed by atoms with Gasteiger partial charge in [-0.3, -0.25) is 4.79 Å². The Morgan fingerprint density at radius 3 is 2.41 bits per heavy atom. The van der Waals surface area contributed by atoms with Crippen LogP contribution in [0.5, 0.6) is 5.75 Å². The lowest BCUT2D eigenvalue weighted by molar-refractivity contribution is -0.382. The number of carbonyl (C=O) groups is 2. The highest BCUT2D eigenvalue weighted by molar-refractivity contribution is 6.31. The number of benzene rings is 3. The van der Waals surface area contributed by atoms with Crippen LogP contribution in [0.25, 0.3) is 0 Å². The Morgan fingerprint density at radius 2 is 1.66 bits per heavy atom. The van der Waals surface area contributed by atoms with E-state index in [4.69, 9.17) is 26.0 Å². The second-order valence-corrected chi connectivity index (χ2v) is 6.93. The van der Waals surface area contributed by atoms with Gasteiger partial charge in [0.05, 0.1) is 0 Å². The summed E-state index contributed by atoms with van der Waals surface area (Å²) in [5, 5.41) is 10.2. The molecule has 0 fully saturated rings. The largest absolute Gasteiger partial charge is 0.517 e. The van der Waals surface area contributed by atoms with Crippen LogP contribution in [0.15, 0.2) is 66.7 Å². The molecule has 0 heterocycles. The normalized spacial score (nSPS) is 17.3. The molecule has 3 aromatic carbocycles. The Morgan fingerprint density at radius 1 is 0.966 bits per heavy atom. The van der Waals surface area contributed by atoms with Gasteiger partial charge in [0.15, 0.2) is 5.78 Å². The molecule has 0 radical (unpaired) electrons. The molecule has 1 N–H and O–H groups in total.